The average molecular weight is 339 g/mol. The molecule has 2 rings (SSSR count). The minimum Gasteiger partial charge on any atom is -0.354 e. The van der Waals surface area contributed by atoms with Crippen LogP contribution in [0, 0.1) is 5.82 Å². The highest BCUT2D eigenvalue weighted by atomic mass is 79.9. The maximum atomic E-state index is 13.4. The van der Waals surface area contributed by atoms with E-state index >= 15 is 0 Å². The quantitative estimate of drug-likeness (QED) is 0.934. The van der Waals surface area contributed by atoms with Gasteiger partial charge in [0.1, 0.15) is 11.5 Å². The molecule has 0 saturated heterocycles. The summed E-state index contributed by atoms with van der Waals surface area (Å²) in [7, 11) is 1.73. The van der Waals surface area contributed by atoms with Crippen molar-refractivity contribution in [2.24, 2.45) is 7.05 Å². The third-order valence-electron chi connectivity index (χ3n) is 2.69. The van der Waals surface area contributed by atoms with Gasteiger partial charge in [-0.2, -0.15) is 0 Å². The van der Waals surface area contributed by atoms with Gasteiger partial charge in [-0.05, 0) is 27.6 Å². The van der Waals surface area contributed by atoms with Crippen molar-refractivity contribution in [1.29, 1.82) is 0 Å². The maximum Gasteiger partial charge on any atom is 0.229 e. The summed E-state index contributed by atoms with van der Waals surface area (Å²) in [5.74, 6) is -0.880. The molecule has 6 heteroatoms. The van der Waals surface area contributed by atoms with Crippen molar-refractivity contribution in [3.8, 4) is 0 Å². The lowest BCUT2D eigenvalue weighted by Gasteiger charge is -2.08. The summed E-state index contributed by atoms with van der Waals surface area (Å²) in [6.07, 6.45) is 2.98. The van der Waals surface area contributed by atoms with Crippen molar-refractivity contribution in [2.75, 3.05) is 5.32 Å². The Kier molecular flexibility index (Phi) is 4.34. The van der Waals surface area contributed by atoms with Gasteiger partial charge in [0.15, 0.2) is 0 Å². The first-order valence-electron chi connectivity index (χ1n) is 5.86. The van der Waals surface area contributed by atoms with E-state index in [2.05, 4.69) is 21.2 Å². The van der Waals surface area contributed by atoms with Crippen LogP contribution < -0.4 is 10.7 Å². The van der Waals surface area contributed by atoms with Gasteiger partial charge in [-0.25, -0.2) is 4.39 Å². The van der Waals surface area contributed by atoms with Crippen LogP contribution in [-0.4, -0.2) is 10.5 Å². The lowest BCUT2D eigenvalue weighted by molar-refractivity contribution is -0.115. The first-order valence-corrected chi connectivity index (χ1v) is 6.65. The van der Waals surface area contributed by atoms with Gasteiger partial charge in [-0.3, -0.25) is 9.59 Å². The molecule has 0 unspecified atom stereocenters. The number of anilines is 1. The summed E-state index contributed by atoms with van der Waals surface area (Å²) in [6.45, 7) is 0. The Bertz CT molecular complexity index is 713. The summed E-state index contributed by atoms with van der Waals surface area (Å²) in [5, 5.41) is 2.50. The Hall–Kier alpha value is -1.95. The number of carbonyl (C=O) groups is 1. The fourth-order valence-electron chi connectivity index (χ4n) is 1.76. The monoisotopic (exact) mass is 338 g/mol. The second-order valence-electron chi connectivity index (χ2n) is 4.33. The normalized spacial score (nSPS) is 10.3. The minimum atomic E-state index is -0.440. The molecule has 104 valence electrons. The Balaban J connectivity index is 2.17. The van der Waals surface area contributed by atoms with Gasteiger partial charge < -0.3 is 9.88 Å². The van der Waals surface area contributed by atoms with Gasteiger partial charge in [0.2, 0.25) is 11.3 Å². The molecule has 0 radical (unpaired) electrons. The lowest BCUT2D eigenvalue weighted by Crippen LogP contribution is -2.21. The molecular formula is C14H12BrFN2O2. The molecule has 1 aromatic carbocycles. The number of nitrogens with zero attached hydrogens (tertiary/aromatic N) is 1. The number of pyridine rings is 1. The topological polar surface area (TPSA) is 51.1 Å². The molecule has 0 aliphatic rings. The molecule has 1 N–H and O–H groups in total. The van der Waals surface area contributed by atoms with Crippen molar-refractivity contribution < 1.29 is 9.18 Å². The number of rotatable bonds is 3. The number of hydrogen-bond acceptors (Lipinski definition) is 2. The summed E-state index contributed by atoms with van der Waals surface area (Å²) >= 11 is 3.12. The summed E-state index contributed by atoms with van der Waals surface area (Å²) < 4.78 is 15.4. The van der Waals surface area contributed by atoms with Crippen LogP contribution in [0.5, 0.6) is 0 Å². The van der Waals surface area contributed by atoms with E-state index in [0.717, 1.165) is 0 Å². The molecule has 0 atom stereocenters. The minimum absolute atomic E-state index is 0.123. The third kappa shape index (κ3) is 3.33. The molecule has 0 spiro atoms. The van der Waals surface area contributed by atoms with Crippen molar-refractivity contribution in [1.82, 2.24) is 4.57 Å². The highest BCUT2D eigenvalue weighted by Crippen LogP contribution is 2.10. The van der Waals surface area contributed by atoms with Crippen LogP contribution in [0.1, 0.15) is 5.56 Å². The van der Waals surface area contributed by atoms with E-state index in [1.807, 2.05) is 0 Å². The predicted octanol–water partition coefficient (Wildman–Crippen LogP) is 2.47. The van der Waals surface area contributed by atoms with E-state index in [9.17, 15) is 14.0 Å². The van der Waals surface area contributed by atoms with E-state index in [0.29, 0.717) is 4.47 Å². The molecule has 0 bridgehead atoms. The molecule has 1 amide bonds. The molecule has 0 aliphatic heterocycles. The number of benzene rings is 1. The summed E-state index contributed by atoms with van der Waals surface area (Å²) in [4.78, 5) is 23.7. The summed E-state index contributed by atoms with van der Waals surface area (Å²) in [6, 6.07) is 6.04. The van der Waals surface area contributed by atoms with Gasteiger partial charge in [-0.1, -0.05) is 18.2 Å². The van der Waals surface area contributed by atoms with Gasteiger partial charge in [0.25, 0.3) is 0 Å². The zero-order chi connectivity index (χ0) is 14.7. The van der Waals surface area contributed by atoms with Gasteiger partial charge in [-0.15, -0.1) is 0 Å². The highest BCUT2D eigenvalue weighted by Gasteiger charge is 2.11. The largest absolute Gasteiger partial charge is 0.354 e. The Morgan fingerprint density at radius 1 is 1.35 bits per heavy atom. The SMILES string of the molecule is Cn1cc(Br)c(=O)c(NC(=O)Cc2ccccc2F)c1. The second kappa shape index (κ2) is 6.00. The van der Waals surface area contributed by atoms with E-state index < -0.39 is 11.7 Å². The number of halogens is 2. The Morgan fingerprint density at radius 3 is 2.75 bits per heavy atom. The zero-order valence-corrected chi connectivity index (χ0v) is 12.3. The first-order chi connectivity index (χ1) is 9.47. The molecular weight excluding hydrogens is 327 g/mol. The second-order valence-corrected chi connectivity index (χ2v) is 5.19. The highest BCUT2D eigenvalue weighted by molar-refractivity contribution is 9.10. The van der Waals surface area contributed by atoms with Crippen LogP contribution in [0.25, 0.3) is 0 Å². The van der Waals surface area contributed by atoms with Crippen molar-refractivity contribution in [3.05, 3.63) is 62.7 Å². The molecule has 1 aromatic heterocycles. The smallest absolute Gasteiger partial charge is 0.229 e. The third-order valence-corrected chi connectivity index (χ3v) is 3.26. The number of amides is 1. The Morgan fingerprint density at radius 2 is 2.05 bits per heavy atom. The van der Waals surface area contributed by atoms with Crippen LogP contribution in [0.2, 0.25) is 0 Å². The molecule has 4 nitrogen and oxygen atoms in total. The zero-order valence-electron chi connectivity index (χ0n) is 10.7. The van der Waals surface area contributed by atoms with Crippen molar-refractivity contribution in [2.45, 2.75) is 6.42 Å². The van der Waals surface area contributed by atoms with E-state index in [1.54, 1.807) is 29.9 Å². The van der Waals surface area contributed by atoms with Crippen LogP contribution in [-0.2, 0) is 18.3 Å². The van der Waals surface area contributed by atoms with Crippen molar-refractivity contribution >= 4 is 27.5 Å². The molecule has 0 aliphatic carbocycles. The summed E-state index contributed by atoms with van der Waals surface area (Å²) in [5.41, 5.74) is 0.130. The Labute approximate surface area is 123 Å². The molecule has 20 heavy (non-hydrogen) atoms. The van der Waals surface area contributed by atoms with Crippen LogP contribution in [0.4, 0.5) is 10.1 Å². The number of carbonyl (C=O) groups excluding carboxylic acids is 1. The van der Waals surface area contributed by atoms with Gasteiger partial charge in [0, 0.05) is 19.4 Å². The fraction of sp³-hybridized carbons (Fsp3) is 0.143. The lowest BCUT2D eigenvalue weighted by atomic mass is 10.1. The molecule has 1 heterocycles. The van der Waals surface area contributed by atoms with E-state index in [1.165, 1.54) is 18.3 Å². The van der Waals surface area contributed by atoms with Crippen LogP contribution in [0.15, 0.2) is 45.9 Å². The number of aromatic nitrogens is 1. The predicted molar refractivity (Wildman–Crippen MR) is 78.1 cm³/mol. The standard InChI is InChI=1S/C14H12BrFN2O2/c1-18-7-10(15)14(20)12(8-18)17-13(19)6-9-4-2-3-5-11(9)16/h2-5,7-8H,6H2,1H3,(H,17,19). The van der Waals surface area contributed by atoms with E-state index in [4.69, 9.17) is 0 Å². The number of aryl methyl sites for hydroxylation is 1. The van der Waals surface area contributed by atoms with Crippen LogP contribution >= 0.6 is 15.9 Å². The average Bonchev–Trinajstić information content (AvgIpc) is 2.38. The maximum absolute atomic E-state index is 13.4. The number of nitrogens with one attached hydrogen (secondary N) is 1. The van der Waals surface area contributed by atoms with Gasteiger partial charge >= 0.3 is 0 Å². The molecule has 0 fully saturated rings. The fourth-order valence-corrected chi connectivity index (χ4v) is 2.30. The molecule has 0 saturated carbocycles. The van der Waals surface area contributed by atoms with Crippen molar-refractivity contribution in [3.63, 3.8) is 0 Å². The van der Waals surface area contributed by atoms with Crippen LogP contribution in [0.3, 0.4) is 0 Å². The van der Waals surface area contributed by atoms with E-state index in [-0.39, 0.29) is 23.1 Å². The molecule has 2 aromatic rings. The first kappa shape index (κ1) is 14.5. The van der Waals surface area contributed by atoms with Gasteiger partial charge in [0.05, 0.1) is 10.9 Å². The number of hydrogen-bond donors (Lipinski definition) is 1.